The van der Waals surface area contributed by atoms with Crippen LogP contribution in [0.15, 0.2) is 4.99 Å². The summed E-state index contributed by atoms with van der Waals surface area (Å²) in [6, 6.07) is 0.516. The van der Waals surface area contributed by atoms with Crippen LogP contribution in [-0.4, -0.2) is 73.3 Å². The highest BCUT2D eigenvalue weighted by molar-refractivity contribution is 7.99. The highest BCUT2D eigenvalue weighted by atomic mass is 32.2. The molecule has 0 aliphatic carbocycles. The molecule has 0 radical (unpaired) electrons. The molecule has 0 aromatic rings. The van der Waals surface area contributed by atoms with Gasteiger partial charge in [-0.15, -0.1) is 0 Å². The van der Waals surface area contributed by atoms with E-state index in [-0.39, 0.29) is 4.75 Å². The Balaban J connectivity index is 2.37. The molecule has 1 aliphatic heterocycles. The summed E-state index contributed by atoms with van der Waals surface area (Å²) in [4.78, 5) is 7.28. The fraction of sp³-hybridized carbons (Fsp3) is 0.944. The number of hydrogen-bond donors (Lipinski definition) is 2. The van der Waals surface area contributed by atoms with E-state index in [9.17, 15) is 0 Å². The zero-order chi connectivity index (χ0) is 18.0. The van der Waals surface area contributed by atoms with Gasteiger partial charge in [-0.1, -0.05) is 0 Å². The monoisotopic (exact) mass is 358 g/mol. The fourth-order valence-corrected chi connectivity index (χ4v) is 2.76. The number of piperidine rings is 1. The van der Waals surface area contributed by atoms with E-state index in [4.69, 9.17) is 9.73 Å². The largest absolute Gasteiger partial charge is 0.377 e. The number of guanidine groups is 1. The summed E-state index contributed by atoms with van der Waals surface area (Å²) < 4.78 is 5.84. The Morgan fingerprint density at radius 1 is 1.33 bits per heavy atom. The molecule has 0 saturated carbocycles. The first-order valence-corrected chi connectivity index (χ1v) is 10.5. The summed E-state index contributed by atoms with van der Waals surface area (Å²) in [6.45, 7) is 16.7. The van der Waals surface area contributed by atoms with Gasteiger partial charge in [0, 0.05) is 37.0 Å². The highest BCUT2D eigenvalue weighted by Crippen LogP contribution is 2.21. The lowest BCUT2D eigenvalue weighted by Gasteiger charge is -2.33. The van der Waals surface area contributed by atoms with Gasteiger partial charge in [-0.3, -0.25) is 4.99 Å². The van der Waals surface area contributed by atoms with Crippen LogP contribution in [0.3, 0.4) is 0 Å². The van der Waals surface area contributed by atoms with Crippen molar-refractivity contribution in [3.8, 4) is 0 Å². The molecule has 1 fully saturated rings. The predicted molar refractivity (Wildman–Crippen MR) is 107 cm³/mol. The van der Waals surface area contributed by atoms with E-state index in [1.165, 1.54) is 0 Å². The second-order valence-corrected chi connectivity index (χ2v) is 8.85. The number of rotatable bonds is 9. The van der Waals surface area contributed by atoms with Crippen molar-refractivity contribution in [2.24, 2.45) is 4.99 Å². The number of hydrogen-bond acceptors (Lipinski definition) is 4. The van der Waals surface area contributed by atoms with Crippen LogP contribution >= 0.6 is 11.8 Å². The number of thioether (sulfide) groups is 1. The highest BCUT2D eigenvalue weighted by Gasteiger charge is 2.20. The first kappa shape index (κ1) is 21.6. The molecule has 0 amide bonds. The standard InChI is InChI=1S/C18H38N4OS/c1-7-19-17(20-14-18(4,5)24-6)21-16-8-10-22(11-9-16)12-13-23-15(2)3/h15-16H,7-14H2,1-6H3,(H2,19,20,21). The van der Waals surface area contributed by atoms with Crippen molar-refractivity contribution in [3.63, 3.8) is 0 Å². The van der Waals surface area contributed by atoms with Gasteiger partial charge in [0.2, 0.25) is 0 Å². The summed E-state index contributed by atoms with van der Waals surface area (Å²) in [5.74, 6) is 0.959. The van der Waals surface area contributed by atoms with Gasteiger partial charge in [-0.25, -0.2) is 0 Å². The molecular formula is C18H38N4OS. The van der Waals surface area contributed by atoms with Crippen LogP contribution in [0, 0.1) is 0 Å². The van der Waals surface area contributed by atoms with Crippen molar-refractivity contribution in [1.82, 2.24) is 15.5 Å². The van der Waals surface area contributed by atoms with Gasteiger partial charge >= 0.3 is 0 Å². The molecule has 0 aromatic carbocycles. The number of ether oxygens (including phenoxy) is 1. The maximum absolute atomic E-state index is 5.65. The van der Waals surface area contributed by atoms with Crippen LogP contribution < -0.4 is 10.6 Å². The van der Waals surface area contributed by atoms with Crippen molar-refractivity contribution in [2.75, 3.05) is 45.6 Å². The molecule has 0 bridgehead atoms. The van der Waals surface area contributed by atoms with E-state index in [0.717, 1.165) is 58.1 Å². The van der Waals surface area contributed by atoms with Crippen molar-refractivity contribution < 1.29 is 4.74 Å². The predicted octanol–water partition coefficient (Wildman–Crippen LogP) is 2.57. The topological polar surface area (TPSA) is 48.9 Å². The molecule has 1 heterocycles. The van der Waals surface area contributed by atoms with Crippen LogP contribution in [0.4, 0.5) is 0 Å². The molecule has 1 aliphatic rings. The Bertz CT molecular complexity index is 366. The third-order valence-corrected chi connectivity index (χ3v) is 5.54. The van der Waals surface area contributed by atoms with E-state index < -0.39 is 0 Å². The Labute approximate surface area is 153 Å². The molecule has 5 nitrogen and oxygen atoms in total. The minimum Gasteiger partial charge on any atom is -0.377 e. The minimum absolute atomic E-state index is 0.183. The molecule has 142 valence electrons. The summed E-state index contributed by atoms with van der Waals surface area (Å²) in [5, 5.41) is 7.00. The van der Waals surface area contributed by atoms with Crippen molar-refractivity contribution in [3.05, 3.63) is 0 Å². The van der Waals surface area contributed by atoms with Crippen molar-refractivity contribution >= 4 is 17.7 Å². The van der Waals surface area contributed by atoms with Crippen molar-refractivity contribution in [1.29, 1.82) is 0 Å². The van der Waals surface area contributed by atoms with Crippen LogP contribution in [0.25, 0.3) is 0 Å². The molecule has 0 atom stereocenters. The maximum atomic E-state index is 5.65. The second-order valence-electron chi connectivity index (χ2n) is 7.34. The van der Waals surface area contributed by atoms with Crippen LogP contribution in [0.5, 0.6) is 0 Å². The Kier molecular flexibility index (Phi) is 10.1. The van der Waals surface area contributed by atoms with Gasteiger partial charge in [-0.05, 0) is 53.7 Å². The smallest absolute Gasteiger partial charge is 0.191 e. The minimum atomic E-state index is 0.183. The lowest BCUT2D eigenvalue weighted by molar-refractivity contribution is 0.0532. The van der Waals surface area contributed by atoms with E-state index in [0.29, 0.717) is 12.1 Å². The average Bonchev–Trinajstić information content (AvgIpc) is 2.54. The molecule has 0 unspecified atom stereocenters. The maximum Gasteiger partial charge on any atom is 0.191 e. The number of aliphatic imine (C=N–C) groups is 1. The van der Waals surface area contributed by atoms with Crippen molar-refractivity contribution in [2.45, 2.75) is 64.4 Å². The molecule has 2 N–H and O–H groups in total. The average molecular weight is 359 g/mol. The summed E-state index contributed by atoms with van der Waals surface area (Å²) in [5.41, 5.74) is 0. The lowest BCUT2D eigenvalue weighted by Crippen LogP contribution is -2.49. The number of nitrogens with one attached hydrogen (secondary N) is 2. The first-order chi connectivity index (χ1) is 11.4. The third-order valence-electron chi connectivity index (χ3n) is 4.30. The SMILES string of the molecule is CCNC(=NCC(C)(C)SC)NC1CCN(CCOC(C)C)CC1. The molecule has 0 spiro atoms. The normalized spacial score (nSPS) is 18.2. The summed E-state index contributed by atoms with van der Waals surface area (Å²) in [7, 11) is 0. The van der Waals surface area contributed by atoms with E-state index in [1.807, 2.05) is 11.8 Å². The molecule has 1 saturated heterocycles. The molecule has 1 rings (SSSR count). The van der Waals surface area contributed by atoms with Gasteiger partial charge < -0.3 is 20.3 Å². The zero-order valence-corrected chi connectivity index (χ0v) is 17.3. The van der Waals surface area contributed by atoms with Gasteiger partial charge in [0.15, 0.2) is 5.96 Å². The second kappa shape index (κ2) is 11.2. The van der Waals surface area contributed by atoms with Crippen LogP contribution in [-0.2, 0) is 4.74 Å². The number of nitrogens with zero attached hydrogens (tertiary/aromatic N) is 2. The Hall–Kier alpha value is -0.460. The zero-order valence-electron chi connectivity index (χ0n) is 16.5. The molecular weight excluding hydrogens is 320 g/mol. The fourth-order valence-electron chi connectivity index (χ4n) is 2.57. The van der Waals surface area contributed by atoms with Crippen LogP contribution in [0.1, 0.15) is 47.5 Å². The first-order valence-electron chi connectivity index (χ1n) is 9.30. The molecule has 24 heavy (non-hydrogen) atoms. The van der Waals surface area contributed by atoms with Gasteiger partial charge in [0.1, 0.15) is 0 Å². The summed E-state index contributed by atoms with van der Waals surface area (Å²) in [6.07, 6.45) is 4.80. The molecule has 6 heteroatoms. The van der Waals surface area contributed by atoms with Crippen LogP contribution in [0.2, 0.25) is 0 Å². The van der Waals surface area contributed by atoms with Gasteiger partial charge in [-0.2, -0.15) is 11.8 Å². The Morgan fingerprint density at radius 3 is 2.54 bits per heavy atom. The quantitative estimate of drug-likeness (QED) is 0.490. The van der Waals surface area contributed by atoms with E-state index in [1.54, 1.807) is 0 Å². The number of likely N-dealkylation sites (tertiary alicyclic amines) is 1. The molecule has 0 aromatic heterocycles. The van der Waals surface area contributed by atoms with E-state index >= 15 is 0 Å². The van der Waals surface area contributed by atoms with Gasteiger partial charge in [0.05, 0.1) is 19.3 Å². The lowest BCUT2D eigenvalue weighted by atomic mass is 10.1. The third kappa shape index (κ3) is 9.14. The summed E-state index contributed by atoms with van der Waals surface area (Å²) >= 11 is 1.86. The Morgan fingerprint density at radius 2 is 2.00 bits per heavy atom. The van der Waals surface area contributed by atoms with Gasteiger partial charge in [0.25, 0.3) is 0 Å². The van der Waals surface area contributed by atoms with E-state index in [2.05, 4.69) is 56.4 Å².